The molecule has 0 aliphatic carbocycles. The Morgan fingerprint density at radius 1 is 1.07 bits per heavy atom. The second-order valence-electron chi connectivity index (χ2n) is 7.89. The van der Waals surface area contributed by atoms with E-state index in [1.807, 2.05) is 30.3 Å². The van der Waals surface area contributed by atoms with Crippen molar-refractivity contribution in [1.29, 1.82) is 0 Å². The summed E-state index contributed by atoms with van der Waals surface area (Å²) >= 11 is 0. The maximum atomic E-state index is 13.5. The Kier molecular flexibility index (Phi) is 3.48. The van der Waals surface area contributed by atoms with Crippen LogP contribution in [0.25, 0.3) is 21.9 Å². The van der Waals surface area contributed by atoms with Crippen LogP contribution < -0.4 is 15.2 Å². The summed E-state index contributed by atoms with van der Waals surface area (Å²) in [6.45, 7) is 3.51. The van der Waals surface area contributed by atoms with Crippen molar-refractivity contribution in [2.24, 2.45) is 5.41 Å². The molecule has 1 atom stereocenters. The van der Waals surface area contributed by atoms with Gasteiger partial charge in [0.25, 0.3) is 0 Å². The summed E-state index contributed by atoms with van der Waals surface area (Å²) in [5.41, 5.74) is 2.55. The predicted molar refractivity (Wildman–Crippen MR) is 103 cm³/mol. The molecule has 1 unspecified atom stereocenters. The molecule has 4 nitrogen and oxygen atoms in total. The molecule has 0 spiro atoms. The molecule has 148 valence electrons. The fourth-order valence-corrected chi connectivity index (χ4v) is 4.00. The van der Waals surface area contributed by atoms with Gasteiger partial charge in [-0.3, -0.25) is 10.2 Å². The number of fused-ring (bicyclic) bond motifs is 7. The molecule has 3 aromatic carbocycles. The summed E-state index contributed by atoms with van der Waals surface area (Å²) in [5.74, 6) is 0.193. The summed E-state index contributed by atoms with van der Waals surface area (Å²) < 4.78 is 46.7. The molecule has 7 heteroatoms. The first kappa shape index (κ1) is 17.8. The Balaban J connectivity index is 1.87. The van der Waals surface area contributed by atoms with Gasteiger partial charge in [-0.1, -0.05) is 30.3 Å². The van der Waals surface area contributed by atoms with Gasteiger partial charge in [0.05, 0.1) is 11.3 Å². The van der Waals surface area contributed by atoms with Crippen molar-refractivity contribution in [1.82, 2.24) is 5.43 Å². The Morgan fingerprint density at radius 2 is 1.83 bits per heavy atom. The molecule has 2 aliphatic heterocycles. The van der Waals surface area contributed by atoms with E-state index in [1.165, 1.54) is 11.1 Å². The molecule has 1 amide bonds. The molecule has 0 radical (unpaired) electrons. The van der Waals surface area contributed by atoms with E-state index in [0.717, 1.165) is 22.9 Å². The van der Waals surface area contributed by atoms with Crippen LogP contribution in [0.2, 0.25) is 0 Å². The van der Waals surface area contributed by atoms with Gasteiger partial charge in [0, 0.05) is 11.1 Å². The molecule has 3 aromatic rings. The number of rotatable bonds is 0. The quantitative estimate of drug-likeness (QED) is 0.571. The Labute approximate surface area is 164 Å². The molecule has 1 N–H and O–H groups in total. The number of amides is 1. The van der Waals surface area contributed by atoms with Crippen molar-refractivity contribution < 1.29 is 22.7 Å². The molecule has 29 heavy (non-hydrogen) atoms. The molecule has 2 heterocycles. The average molecular weight is 398 g/mol. The van der Waals surface area contributed by atoms with Crippen LogP contribution in [0.4, 0.5) is 18.9 Å². The van der Waals surface area contributed by atoms with Crippen LogP contribution in [0.5, 0.6) is 5.75 Å². The largest absolute Gasteiger partial charge is 0.467 e. The van der Waals surface area contributed by atoms with Gasteiger partial charge >= 0.3 is 6.18 Å². The van der Waals surface area contributed by atoms with Crippen LogP contribution in [0.1, 0.15) is 19.4 Å². The standard InChI is InChI=1S/C22H17F3N2O2/c1-21(2)19(28)26-27-16-9-8-13(22(23,24)25)11-15(16)18-14-6-4-3-5-12(14)7-10-17(18)29-20(21)27/h3-11,20H,1-2H3,(H,26,28). The minimum absolute atomic E-state index is 0.252. The van der Waals surface area contributed by atoms with Crippen molar-refractivity contribution >= 4 is 22.4 Å². The van der Waals surface area contributed by atoms with E-state index in [4.69, 9.17) is 4.74 Å². The van der Waals surface area contributed by atoms with Gasteiger partial charge in [-0.25, -0.2) is 5.01 Å². The number of halogens is 3. The van der Waals surface area contributed by atoms with Crippen molar-refractivity contribution in [3.63, 3.8) is 0 Å². The van der Waals surface area contributed by atoms with E-state index in [9.17, 15) is 18.0 Å². The first-order valence-electron chi connectivity index (χ1n) is 9.18. The lowest BCUT2D eigenvalue weighted by Gasteiger charge is -2.29. The lowest BCUT2D eigenvalue weighted by atomic mass is 9.91. The molecular weight excluding hydrogens is 381 g/mol. The maximum Gasteiger partial charge on any atom is 0.416 e. The third-order valence-corrected chi connectivity index (χ3v) is 5.64. The van der Waals surface area contributed by atoms with Crippen LogP contribution in [-0.2, 0) is 11.0 Å². The first-order chi connectivity index (χ1) is 13.7. The zero-order valence-electron chi connectivity index (χ0n) is 15.7. The molecule has 0 aromatic heterocycles. The fraction of sp³-hybridized carbons (Fsp3) is 0.227. The van der Waals surface area contributed by atoms with Gasteiger partial charge in [0.2, 0.25) is 12.1 Å². The third kappa shape index (κ3) is 2.50. The SMILES string of the molecule is CC1(C)C(=O)NN2c3ccc(C(F)(F)F)cc3-c3c(ccc4ccccc34)OC21. The molecular formula is C22H17F3N2O2. The number of hydrogen-bond acceptors (Lipinski definition) is 3. The summed E-state index contributed by atoms with van der Waals surface area (Å²) in [7, 11) is 0. The topological polar surface area (TPSA) is 41.6 Å². The van der Waals surface area contributed by atoms with E-state index in [2.05, 4.69) is 5.43 Å². The Morgan fingerprint density at radius 3 is 2.59 bits per heavy atom. The molecule has 1 fully saturated rings. The number of hydrogen-bond donors (Lipinski definition) is 1. The minimum atomic E-state index is -4.49. The van der Waals surface area contributed by atoms with E-state index >= 15 is 0 Å². The maximum absolute atomic E-state index is 13.5. The lowest BCUT2D eigenvalue weighted by molar-refractivity contribution is -0.137. The fourth-order valence-electron chi connectivity index (χ4n) is 4.00. The van der Waals surface area contributed by atoms with Crippen molar-refractivity contribution in [2.45, 2.75) is 26.3 Å². The highest BCUT2D eigenvalue weighted by molar-refractivity contribution is 6.04. The van der Waals surface area contributed by atoms with Crippen LogP contribution in [-0.4, -0.2) is 12.1 Å². The number of alkyl halides is 3. The molecule has 2 aliphatic rings. The molecule has 0 bridgehead atoms. The number of hydrazine groups is 1. The zero-order chi connectivity index (χ0) is 20.6. The van der Waals surface area contributed by atoms with Gasteiger partial charge in [-0.2, -0.15) is 13.2 Å². The average Bonchev–Trinajstić information content (AvgIpc) is 2.82. The van der Waals surface area contributed by atoms with E-state index in [1.54, 1.807) is 19.9 Å². The third-order valence-electron chi connectivity index (χ3n) is 5.64. The predicted octanol–water partition coefficient (Wildman–Crippen LogP) is 5.12. The molecule has 5 rings (SSSR count). The van der Waals surface area contributed by atoms with Crippen molar-refractivity contribution in [3.05, 3.63) is 60.2 Å². The molecule has 0 saturated carbocycles. The number of nitrogens with zero attached hydrogens (tertiary/aromatic N) is 1. The van der Waals surface area contributed by atoms with Crippen LogP contribution in [0.15, 0.2) is 54.6 Å². The van der Waals surface area contributed by atoms with Gasteiger partial charge in [0.15, 0.2) is 0 Å². The van der Waals surface area contributed by atoms with E-state index in [-0.39, 0.29) is 5.91 Å². The Hall–Kier alpha value is -3.22. The van der Waals surface area contributed by atoms with Crippen LogP contribution in [0.3, 0.4) is 0 Å². The Bertz CT molecular complexity index is 1170. The monoisotopic (exact) mass is 398 g/mol. The van der Waals surface area contributed by atoms with Gasteiger partial charge in [0.1, 0.15) is 11.2 Å². The minimum Gasteiger partial charge on any atom is -0.467 e. The number of nitrogens with one attached hydrogen (secondary N) is 1. The number of carbonyl (C=O) groups is 1. The normalized spacial score (nSPS) is 19.7. The van der Waals surface area contributed by atoms with Gasteiger partial charge in [-0.15, -0.1) is 0 Å². The summed E-state index contributed by atoms with van der Waals surface area (Å²) in [6.07, 6.45) is -5.19. The number of benzene rings is 3. The molecule has 1 saturated heterocycles. The van der Waals surface area contributed by atoms with Gasteiger partial charge < -0.3 is 4.74 Å². The van der Waals surface area contributed by atoms with Crippen LogP contribution in [0, 0.1) is 5.41 Å². The second-order valence-corrected chi connectivity index (χ2v) is 7.89. The van der Waals surface area contributed by atoms with Crippen molar-refractivity contribution in [2.75, 3.05) is 5.01 Å². The van der Waals surface area contributed by atoms with E-state index in [0.29, 0.717) is 22.6 Å². The second kappa shape index (κ2) is 5.65. The lowest BCUT2D eigenvalue weighted by Crippen LogP contribution is -2.44. The van der Waals surface area contributed by atoms with E-state index < -0.39 is 23.4 Å². The number of carbonyl (C=O) groups excluding carboxylic acids is 1. The summed E-state index contributed by atoms with van der Waals surface area (Å²) in [4.78, 5) is 12.5. The highest BCUT2D eigenvalue weighted by Gasteiger charge is 2.52. The summed E-state index contributed by atoms with van der Waals surface area (Å²) in [6, 6.07) is 14.7. The van der Waals surface area contributed by atoms with Crippen LogP contribution >= 0.6 is 0 Å². The smallest absolute Gasteiger partial charge is 0.416 e. The number of anilines is 1. The highest BCUT2D eigenvalue weighted by Crippen LogP contribution is 2.49. The first-order valence-corrected chi connectivity index (χ1v) is 9.18. The summed E-state index contributed by atoms with van der Waals surface area (Å²) in [5, 5.41) is 3.21. The van der Waals surface area contributed by atoms with Gasteiger partial charge in [-0.05, 0) is 48.9 Å². The number of ether oxygens (including phenoxy) is 1. The van der Waals surface area contributed by atoms with Crippen molar-refractivity contribution in [3.8, 4) is 16.9 Å². The highest BCUT2D eigenvalue weighted by atomic mass is 19.4. The zero-order valence-corrected chi connectivity index (χ0v) is 15.7.